The summed E-state index contributed by atoms with van der Waals surface area (Å²) in [6.07, 6.45) is 3.48. The Kier molecular flexibility index (Phi) is 6.77. The zero-order valence-corrected chi connectivity index (χ0v) is 20.6. The lowest BCUT2D eigenvalue weighted by Gasteiger charge is -2.35. The van der Waals surface area contributed by atoms with Gasteiger partial charge in [0.1, 0.15) is 11.3 Å². The fourth-order valence-corrected chi connectivity index (χ4v) is 4.51. The highest BCUT2D eigenvalue weighted by atomic mass is 16.5. The lowest BCUT2D eigenvalue weighted by molar-refractivity contribution is -0.126. The first kappa shape index (κ1) is 23.6. The average molecular weight is 461 g/mol. The number of carbonyl (C=O) groups is 2. The molecule has 1 aliphatic rings. The van der Waals surface area contributed by atoms with Crippen molar-refractivity contribution >= 4 is 33.9 Å². The third kappa shape index (κ3) is 4.58. The van der Waals surface area contributed by atoms with Crippen molar-refractivity contribution in [2.75, 3.05) is 37.7 Å². The SMILES string of the molecule is CCOc1c(/C(C)=C/C(=O)N2CCN(c3ccc(C(C)=O)cc3)CC2)cc2c(C)coc2c1C. The first-order valence-corrected chi connectivity index (χ1v) is 11.8. The molecule has 1 aliphatic heterocycles. The van der Waals surface area contributed by atoms with Crippen molar-refractivity contribution in [3.05, 3.63) is 64.9 Å². The Labute approximate surface area is 200 Å². The molecule has 2 aromatic carbocycles. The van der Waals surface area contributed by atoms with E-state index in [1.54, 1.807) is 19.3 Å². The van der Waals surface area contributed by atoms with Crippen molar-refractivity contribution < 1.29 is 18.7 Å². The van der Waals surface area contributed by atoms with E-state index in [-0.39, 0.29) is 11.7 Å². The first-order chi connectivity index (χ1) is 16.3. The molecule has 6 nitrogen and oxygen atoms in total. The Morgan fingerprint density at radius 3 is 2.35 bits per heavy atom. The number of allylic oxidation sites excluding steroid dienone is 1. The molecule has 0 aliphatic carbocycles. The van der Waals surface area contributed by atoms with E-state index < -0.39 is 0 Å². The largest absolute Gasteiger partial charge is 0.493 e. The van der Waals surface area contributed by atoms with Crippen molar-refractivity contribution in [3.8, 4) is 5.75 Å². The highest BCUT2D eigenvalue weighted by Crippen LogP contribution is 2.37. The Balaban J connectivity index is 1.50. The maximum Gasteiger partial charge on any atom is 0.246 e. The zero-order chi connectivity index (χ0) is 24.4. The fraction of sp³-hybridized carbons (Fsp3) is 0.357. The number of piperazine rings is 1. The molecule has 6 heteroatoms. The number of hydrogen-bond acceptors (Lipinski definition) is 5. The van der Waals surface area contributed by atoms with Crippen LogP contribution in [0, 0.1) is 13.8 Å². The number of rotatable bonds is 6. The van der Waals surface area contributed by atoms with Crippen molar-refractivity contribution in [2.45, 2.75) is 34.6 Å². The molecule has 0 spiro atoms. The minimum absolute atomic E-state index is 0.00758. The number of aryl methyl sites for hydroxylation is 2. The third-order valence-corrected chi connectivity index (χ3v) is 6.52. The Morgan fingerprint density at radius 1 is 1.06 bits per heavy atom. The molecule has 0 N–H and O–H groups in total. The molecule has 34 heavy (non-hydrogen) atoms. The number of hydrogen-bond donors (Lipinski definition) is 0. The van der Waals surface area contributed by atoms with Crippen LogP contribution in [0.1, 0.15) is 47.8 Å². The van der Waals surface area contributed by atoms with Crippen molar-refractivity contribution in [3.63, 3.8) is 0 Å². The van der Waals surface area contributed by atoms with E-state index in [1.165, 1.54) is 0 Å². The summed E-state index contributed by atoms with van der Waals surface area (Å²) in [6, 6.07) is 9.73. The lowest BCUT2D eigenvalue weighted by atomic mass is 9.98. The van der Waals surface area contributed by atoms with Crippen LogP contribution in [-0.2, 0) is 4.79 Å². The van der Waals surface area contributed by atoms with Gasteiger partial charge in [-0.2, -0.15) is 0 Å². The number of benzene rings is 2. The minimum Gasteiger partial charge on any atom is -0.493 e. The smallest absolute Gasteiger partial charge is 0.246 e. The molecule has 4 rings (SSSR count). The van der Waals surface area contributed by atoms with Crippen LogP contribution in [0.2, 0.25) is 0 Å². The predicted molar refractivity (Wildman–Crippen MR) is 136 cm³/mol. The number of ketones is 1. The van der Waals surface area contributed by atoms with E-state index in [0.717, 1.165) is 57.8 Å². The van der Waals surface area contributed by atoms with E-state index >= 15 is 0 Å². The maximum absolute atomic E-state index is 13.1. The van der Waals surface area contributed by atoms with Crippen LogP contribution in [0.5, 0.6) is 5.75 Å². The minimum atomic E-state index is 0.00758. The van der Waals surface area contributed by atoms with Gasteiger partial charge >= 0.3 is 0 Å². The van der Waals surface area contributed by atoms with Gasteiger partial charge < -0.3 is 19.0 Å². The van der Waals surface area contributed by atoms with E-state index in [2.05, 4.69) is 11.0 Å². The fourth-order valence-electron chi connectivity index (χ4n) is 4.51. The number of carbonyl (C=O) groups excluding carboxylic acids is 2. The van der Waals surface area contributed by atoms with Crippen molar-refractivity contribution in [1.82, 2.24) is 4.90 Å². The van der Waals surface area contributed by atoms with Crippen molar-refractivity contribution in [1.29, 1.82) is 0 Å². The molecule has 0 radical (unpaired) electrons. The van der Waals surface area contributed by atoms with E-state index in [4.69, 9.17) is 9.15 Å². The maximum atomic E-state index is 13.1. The lowest BCUT2D eigenvalue weighted by Crippen LogP contribution is -2.48. The Hall–Kier alpha value is -3.54. The summed E-state index contributed by atoms with van der Waals surface area (Å²) in [5.74, 6) is 0.840. The summed E-state index contributed by atoms with van der Waals surface area (Å²) in [6.45, 7) is 12.8. The molecule has 1 saturated heterocycles. The second-order valence-electron chi connectivity index (χ2n) is 8.85. The average Bonchev–Trinajstić information content (AvgIpc) is 3.21. The monoisotopic (exact) mass is 460 g/mol. The summed E-state index contributed by atoms with van der Waals surface area (Å²) in [5, 5.41) is 1.04. The second-order valence-corrected chi connectivity index (χ2v) is 8.85. The van der Waals surface area contributed by atoms with Gasteiger partial charge in [0, 0.05) is 60.0 Å². The van der Waals surface area contributed by atoms with Gasteiger partial charge in [-0.05, 0) is 76.1 Å². The molecule has 178 valence electrons. The van der Waals surface area contributed by atoms with Gasteiger partial charge in [0.05, 0.1) is 12.9 Å². The van der Waals surface area contributed by atoms with Crippen LogP contribution in [0.3, 0.4) is 0 Å². The summed E-state index contributed by atoms with van der Waals surface area (Å²) in [4.78, 5) is 28.8. The number of nitrogens with zero attached hydrogens (tertiary/aromatic N) is 2. The van der Waals surface area contributed by atoms with Gasteiger partial charge in [-0.3, -0.25) is 9.59 Å². The number of ether oxygens (including phenoxy) is 1. The Morgan fingerprint density at radius 2 is 1.74 bits per heavy atom. The number of anilines is 1. The molecular weight excluding hydrogens is 428 g/mol. The first-order valence-electron chi connectivity index (χ1n) is 11.8. The predicted octanol–water partition coefficient (Wildman–Crippen LogP) is 5.40. The van der Waals surface area contributed by atoms with Gasteiger partial charge in [0.15, 0.2) is 5.78 Å². The van der Waals surface area contributed by atoms with E-state index in [1.807, 2.05) is 56.9 Å². The van der Waals surface area contributed by atoms with Crippen LogP contribution < -0.4 is 9.64 Å². The van der Waals surface area contributed by atoms with Crippen LogP contribution in [0.15, 0.2) is 47.1 Å². The number of fused-ring (bicyclic) bond motifs is 1. The summed E-state index contributed by atoms with van der Waals surface area (Å²) >= 11 is 0. The molecule has 2 heterocycles. The van der Waals surface area contributed by atoms with Crippen LogP contribution >= 0.6 is 0 Å². The van der Waals surface area contributed by atoms with Gasteiger partial charge in [-0.15, -0.1) is 0 Å². The highest BCUT2D eigenvalue weighted by Gasteiger charge is 2.22. The van der Waals surface area contributed by atoms with Gasteiger partial charge in [0.25, 0.3) is 0 Å². The van der Waals surface area contributed by atoms with Gasteiger partial charge in [0.2, 0.25) is 5.91 Å². The number of amides is 1. The van der Waals surface area contributed by atoms with Crippen LogP contribution in [0.4, 0.5) is 5.69 Å². The quantitative estimate of drug-likeness (QED) is 0.364. The molecule has 0 atom stereocenters. The van der Waals surface area contributed by atoms with E-state index in [0.29, 0.717) is 25.3 Å². The summed E-state index contributed by atoms with van der Waals surface area (Å²) in [7, 11) is 0. The zero-order valence-electron chi connectivity index (χ0n) is 20.6. The molecule has 1 fully saturated rings. The second kappa shape index (κ2) is 9.75. The molecule has 0 unspecified atom stereocenters. The molecular formula is C28H32N2O4. The number of Topliss-reactive ketones (excluding diaryl/α,β-unsaturated/α-hetero) is 1. The van der Waals surface area contributed by atoms with Gasteiger partial charge in [-0.1, -0.05) is 0 Å². The van der Waals surface area contributed by atoms with Crippen LogP contribution in [-0.4, -0.2) is 49.4 Å². The van der Waals surface area contributed by atoms with Crippen LogP contribution in [0.25, 0.3) is 16.5 Å². The van der Waals surface area contributed by atoms with Crippen molar-refractivity contribution in [2.24, 2.45) is 0 Å². The Bertz CT molecular complexity index is 1250. The normalized spacial score (nSPS) is 14.6. The molecule has 1 aromatic heterocycles. The molecule has 0 bridgehead atoms. The number of furan rings is 1. The van der Waals surface area contributed by atoms with E-state index in [9.17, 15) is 9.59 Å². The standard InChI is InChI=1S/C28H32N2O4/c1-6-33-27-20(4)28-25(19(3)17-34-28)16-24(27)18(2)15-26(32)30-13-11-29(12-14-30)23-9-7-22(8-10-23)21(5)31/h7-10,15-17H,6,11-14H2,1-5H3/b18-15+. The van der Waals surface area contributed by atoms with Gasteiger partial charge in [-0.25, -0.2) is 0 Å². The third-order valence-electron chi connectivity index (χ3n) is 6.52. The molecule has 1 amide bonds. The summed E-state index contributed by atoms with van der Waals surface area (Å²) in [5.41, 5.74) is 6.43. The molecule has 3 aromatic rings. The molecule has 0 saturated carbocycles. The highest BCUT2D eigenvalue weighted by molar-refractivity contribution is 5.98. The summed E-state index contributed by atoms with van der Waals surface area (Å²) < 4.78 is 11.7. The topological polar surface area (TPSA) is 63.0 Å².